The molecule has 0 bridgehead atoms. The molecule has 0 aliphatic carbocycles. The van der Waals surface area contributed by atoms with Gasteiger partial charge in [-0.2, -0.15) is 0 Å². The van der Waals surface area contributed by atoms with Gasteiger partial charge >= 0.3 is 5.97 Å². The molecule has 2 rings (SSSR count). The number of carbonyl (C=O) groups is 1. The maximum Gasteiger partial charge on any atom is 0.341 e. The molecule has 0 spiro atoms. The Morgan fingerprint density at radius 1 is 1.40 bits per heavy atom. The first kappa shape index (κ1) is 13.7. The third kappa shape index (κ3) is 3.00. The topological polar surface area (TPSA) is 85.5 Å². The van der Waals surface area contributed by atoms with Crippen molar-refractivity contribution in [2.24, 2.45) is 4.99 Å². The Morgan fingerprint density at radius 3 is 2.65 bits per heavy atom. The Kier molecular flexibility index (Phi) is 4.10. The summed E-state index contributed by atoms with van der Waals surface area (Å²) in [7, 11) is 0. The first-order chi connectivity index (χ1) is 9.61. The van der Waals surface area contributed by atoms with E-state index in [0.717, 1.165) is 29.5 Å². The number of rotatable bonds is 4. The zero-order valence-electron chi connectivity index (χ0n) is 11.1. The number of benzene rings is 1. The maximum atomic E-state index is 11.0. The molecule has 1 heterocycles. The predicted octanol–water partition coefficient (Wildman–Crippen LogP) is 2.12. The summed E-state index contributed by atoms with van der Waals surface area (Å²) in [5, 5.41) is 19.1. The van der Waals surface area contributed by atoms with Crippen molar-refractivity contribution in [2.45, 2.75) is 13.3 Å². The molecule has 1 aliphatic rings. The predicted molar refractivity (Wildman–Crippen MR) is 77.9 cm³/mol. The summed E-state index contributed by atoms with van der Waals surface area (Å²) in [5.74, 6) is -0.972. The minimum absolute atomic E-state index is 0.153. The highest BCUT2D eigenvalue weighted by atomic mass is 16.4. The fraction of sp³-hybridized carbons (Fsp3) is 0.133. The van der Waals surface area contributed by atoms with Crippen LogP contribution < -0.4 is 5.32 Å². The smallest absolute Gasteiger partial charge is 0.341 e. The van der Waals surface area contributed by atoms with E-state index in [1.165, 1.54) is 0 Å². The molecule has 3 N–H and O–H groups in total. The van der Waals surface area contributed by atoms with E-state index in [1.807, 2.05) is 37.3 Å². The van der Waals surface area contributed by atoms with E-state index in [4.69, 9.17) is 10.5 Å². The van der Waals surface area contributed by atoms with Gasteiger partial charge in [-0.15, -0.1) is 0 Å². The molecule has 0 saturated carbocycles. The quantitative estimate of drug-likeness (QED) is 0.578. The number of hydrogen-bond donors (Lipinski definition) is 3. The number of carboxylic acid groups (broad SMARTS) is 1. The summed E-state index contributed by atoms with van der Waals surface area (Å²) in [6, 6.07) is 9.96. The van der Waals surface area contributed by atoms with Gasteiger partial charge in [-0.25, -0.2) is 9.79 Å². The van der Waals surface area contributed by atoms with Gasteiger partial charge in [0.1, 0.15) is 11.4 Å². The molecular weight excluding hydrogens is 254 g/mol. The van der Waals surface area contributed by atoms with Crippen LogP contribution in [0, 0.1) is 5.41 Å². The third-order valence-electron chi connectivity index (χ3n) is 3.00. The molecule has 5 nitrogen and oxygen atoms in total. The lowest BCUT2D eigenvalue weighted by Gasteiger charge is -2.17. The van der Waals surface area contributed by atoms with Gasteiger partial charge < -0.3 is 15.8 Å². The van der Waals surface area contributed by atoms with Gasteiger partial charge in [-0.3, -0.25) is 0 Å². The molecule has 0 amide bonds. The van der Waals surface area contributed by atoms with Crippen LogP contribution in [0.1, 0.15) is 12.5 Å². The van der Waals surface area contributed by atoms with Crippen LogP contribution in [0.15, 0.2) is 58.0 Å². The Morgan fingerprint density at radius 2 is 2.10 bits per heavy atom. The van der Waals surface area contributed by atoms with Gasteiger partial charge in [0.2, 0.25) is 0 Å². The second kappa shape index (κ2) is 5.97. The molecule has 1 aromatic carbocycles. The van der Waals surface area contributed by atoms with Gasteiger partial charge in [0, 0.05) is 24.5 Å². The van der Waals surface area contributed by atoms with Crippen LogP contribution in [0.2, 0.25) is 0 Å². The van der Waals surface area contributed by atoms with Crippen LogP contribution >= 0.6 is 0 Å². The van der Waals surface area contributed by atoms with E-state index in [1.54, 1.807) is 6.21 Å². The van der Waals surface area contributed by atoms with Crippen LogP contribution in [0.3, 0.4) is 0 Å². The van der Waals surface area contributed by atoms with Crippen molar-refractivity contribution in [3.8, 4) is 0 Å². The Labute approximate surface area is 116 Å². The Balaban J connectivity index is 2.23. The standard InChI is InChI=1S/C15H15N3O2/c1-10-12(7-11-5-3-2-4-6-11)9-17-14(18-10)13(8-16)15(19)20/h2-6,8-9,16,18H,7H2,1H3,(H,19,20)/b14-13+,16-8?. The summed E-state index contributed by atoms with van der Waals surface area (Å²) in [5.41, 5.74) is 2.85. The fourth-order valence-electron chi connectivity index (χ4n) is 1.89. The molecule has 1 aromatic rings. The molecule has 0 aromatic heterocycles. The second-order valence-corrected chi connectivity index (χ2v) is 4.41. The summed E-state index contributed by atoms with van der Waals surface area (Å²) in [6.45, 7) is 1.87. The zero-order valence-corrected chi connectivity index (χ0v) is 11.1. The average molecular weight is 269 g/mol. The third-order valence-corrected chi connectivity index (χ3v) is 3.00. The summed E-state index contributed by atoms with van der Waals surface area (Å²) >= 11 is 0. The number of aliphatic carboxylic acids is 1. The summed E-state index contributed by atoms with van der Waals surface area (Å²) < 4.78 is 0. The van der Waals surface area contributed by atoms with E-state index in [2.05, 4.69) is 10.3 Å². The Bertz CT molecular complexity index is 628. The lowest BCUT2D eigenvalue weighted by Crippen LogP contribution is -2.22. The zero-order chi connectivity index (χ0) is 14.5. The SMILES string of the molecule is CC1=C(Cc2ccccc2)C=N/C(=C(/C=N)C(=O)O)N1. The minimum atomic E-state index is -1.17. The van der Waals surface area contributed by atoms with Gasteiger partial charge in [-0.05, 0) is 18.1 Å². The number of hydrogen-bond acceptors (Lipinski definition) is 4. The molecule has 0 fully saturated rings. The van der Waals surface area contributed by atoms with E-state index < -0.39 is 5.97 Å². The van der Waals surface area contributed by atoms with Crippen LogP contribution in [0.4, 0.5) is 0 Å². The molecule has 0 unspecified atom stereocenters. The largest absolute Gasteiger partial charge is 0.477 e. The second-order valence-electron chi connectivity index (χ2n) is 4.41. The highest BCUT2D eigenvalue weighted by Crippen LogP contribution is 2.16. The van der Waals surface area contributed by atoms with E-state index in [-0.39, 0.29) is 11.4 Å². The van der Waals surface area contributed by atoms with E-state index in [0.29, 0.717) is 0 Å². The van der Waals surface area contributed by atoms with Crippen molar-refractivity contribution in [1.29, 1.82) is 5.41 Å². The molecule has 0 atom stereocenters. The molecule has 0 radical (unpaired) electrons. The highest BCUT2D eigenvalue weighted by Gasteiger charge is 2.16. The van der Waals surface area contributed by atoms with Crippen molar-refractivity contribution in [1.82, 2.24) is 5.32 Å². The Hall–Kier alpha value is -2.69. The average Bonchev–Trinajstić information content (AvgIpc) is 2.43. The minimum Gasteiger partial charge on any atom is -0.477 e. The van der Waals surface area contributed by atoms with Crippen molar-refractivity contribution < 1.29 is 9.90 Å². The van der Waals surface area contributed by atoms with Crippen molar-refractivity contribution in [3.63, 3.8) is 0 Å². The maximum absolute atomic E-state index is 11.0. The first-order valence-corrected chi connectivity index (χ1v) is 6.14. The number of nitrogens with one attached hydrogen (secondary N) is 2. The summed E-state index contributed by atoms with van der Waals surface area (Å²) in [4.78, 5) is 15.1. The number of nitrogens with zero attached hydrogens (tertiary/aromatic N) is 1. The highest BCUT2D eigenvalue weighted by molar-refractivity contribution is 6.08. The molecule has 102 valence electrons. The summed E-state index contributed by atoms with van der Waals surface area (Å²) in [6.07, 6.45) is 3.17. The molecule has 0 saturated heterocycles. The number of allylic oxidation sites excluding steroid dienone is 2. The van der Waals surface area contributed by atoms with Crippen LogP contribution in [-0.4, -0.2) is 23.5 Å². The number of aliphatic imine (C=N–C) groups is 1. The lowest BCUT2D eigenvalue weighted by atomic mass is 10.0. The molecule has 5 heteroatoms. The molecule has 20 heavy (non-hydrogen) atoms. The monoisotopic (exact) mass is 269 g/mol. The van der Waals surface area contributed by atoms with Gasteiger partial charge in [0.15, 0.2) is 0 Å². The lowest BCUT2D eigenvalue weighted by molar-refractivity contribution is -0.132. The van der Waals surface area contributed by atoms with Crippen LogP contribution in [0.5, 0.6) is 0 Å². The van der Waals surface area contributed by atoms with Crippen LogP contribution in [0.25, 0.3) is 0 Å². The fourth-order valence-corrected chi connectivity index (χ4v) is 1.89. The van der Waals surface area contributed by atoms with E-state index in [9.17, 15) is 4.79 Å². The first-order valence-electron chi connectivity index (χ1n) is 6.14. The normalized spacial score (nSPS) is 16.6. The van der Waals surface area contributed by atoms with Crippen molar-refractivity contribution >= 4 is 18.4 Å². The van der Waals surface area contributed by atoms with Gasteiger partial charge in [0.05, 0.1) is 0 Å². The molecular formula is C15H15N3O2. The van der Waals surface area contributed by atoms with Gasteiger partial charge in [0.25, 0.3) is 0 Å². The van der Waals surface area contributed by atoms with E-state index >= 15 is 0 Å². The van der Waals surface area contributed by atoms with Crippen molar-refractivity contribution in [3.05, 3.63) is 58.6 Å². The van der Waals surface area contributed by atoms with Crippen molar-refractivity contribution in [2.75, 3.05) is 0 Å². The number of carboxylic acids is 1. The van der Waals surface area contributed by atoms with Gasteiger partial charge in [-0.1, -0.05) is 30.3 Å². The molecule has 1 aliphatic heterocycles. The van der Waals surface area contributed by atoms with Crippen LogP contribution in [-0.2, 0) is 11.2 Å².